The van der Waals surface area contributed by atoms with Gasteiger partial charge in [-0.25, -0.2) is 0 Å². The fraction of sp³-hybridized carbons (Fsp3) is 0.611. The van der Waals surface area contributed by atoms with Gasteiger partial charge in [-0.2, -0.15) is 4.98 Å². The highest BCUT2D eigenvalue weighted by atomic mass is 16.5. The molecule has 0 bridgehead atoms. The number of rotatable bonds is 5. The van der Waals surface area contributed by atoms with E-state index in [9.17, 15) is 4.79 Å². The van der Waals surface area contributed by atoms with Gasteiger partial charge in [-0.1, -0.05) is 5.16 Å². The summed E-state index contributed by atoms with van der Waals surface area (Å²) < 4.78 is 16.3. The number of hydrogen-bond donors (Lipinski definition) is 1. The zero-order valence-corrected chi connectivity index (χ0v) is 15.1. The first-order valence-corrected chi connectivity index (χ1v) is 9.01. The molecule has 8 heteroatoms. The summed E-state index contributed by atoms with van der Waals surface area (Å²) in [4.78, 5) is 18.2. The maximum atomic E-state index is 11.5. The molecule has 4 atom stereocenters. The first kappa shape index (κ1) is 17.2. The molecule has 0 unspecified atom stereocenters. The van der Waals surface area contributed by atoms with Crippen molar-refractivity contribution in [1.29, 1.82) is 0 Å². The molecule has 3 heterocycles. The van der Waals surface area contributed by atoms with E-state index in [1.165, 1.54) is 0 Å². The smallest absolute Gasteiger partial charge is 0.241 e. The lowest BCUT2D eigenvalue weighted by Gasteiger charge is -2.37. The van der Waals surface area contributed by atoms with Gasteiger partial charge in [-0.3, -0.25) is 9.69 Å². The Kier molecular flexibility index (Phi) is 4.78. The van der Waals surface area contributed by atoms with Crippen LogP contribution < -0.4 is 5.32 Å². The van der Waals surface area contributed by atoms with E-state index < -0.39 is 0 Å². The summed E-state index contributed by atoms with van der Waals surface area (Å²) in [5, 5.41) is 7.03. The zero-order valence-electron chi connectivity index (χ0n) is 15.1. The summed E-state index contributed by atoms with van der Waals surface area (Å²) in [6.07, 6.45) is 3.58. The topological polar surface area (TPSA) is 93.6 Å². The van der Waals surface area contributed by atoms with Crippen molar-refractivity contribution in [2.24, 2.45) is 11.8 Å². The number of aromatic nitrogens is 2. The Hall–Kier alpha value is -2.19. The van der Waals surface area contributed by atoms with E-state index in [0.29, 0.717) is 35.9 Å². The second-order valence-electron chi connectivity index (χ2n) is 7.26. The average molecular weight is 360 g/mol. The Morgan fingerprint density at radius 1 is 1.38 bits per heavy atom. The van der Waals surface area contributed by atoms with Crippen LogP contribution in [0.5, 0.6) is 0 Å². The summed E-state index contributed by atoms with van der Waals surface area (Å²) >= 11 is 0. The highest BCUT2D eigenvalue weighted by Gasteiger charge is 2.42. The quantitative estimate of drug-likeness (QED) is 0.867. The van der Waals surface area contributed by atoms with E-state index in [4.69, 9.17) is 13.7 Å². The van der Waals surface area contributed by atoms with Gasteiger partial charge in [0.25, 0.3) is 0 Å². The molecular weight excluding hydrogens is 336 g/mol. The number of carbonyl (C=O) groups excluding carboxylic acids is 1. The van der Waals surface area contributed by atoms with Crippen molar-refractivity contribution in [2.75, 3.05) is 20.2 Å². The molecule has 1 saturated heterocycles. The van der Waals surface area contributed by atoms with Gasteiger partial charge >= 0.3 is 0 Å². The van der Waals surface area contributed by atoms with E-state index >= 15 is 0 Å². The minimum absolute atomic E-state index is 0.00154. The number of amides is 1. The lowest BCUT2D eigenvalue weighted by atomic mass is 9.77. The van der Waals surface area contributed by atoms with Crippen molar-refractivity contribution in [3.05, 3.63) is 24.3 Å². The van der Waals surface area contributed by atoms with Gasteiger partial charge in [0, 0.05) is 27.1 Å². The molecule has 2 aliphatic rings. The van der Waals surface area contributed by atoms with Crippen LogP contribution in [0, 0.1) is 11.8 Å². The molecule has 2 fully saturated rings. The minimum atomic E-state index is 0.00154. The molecule has 2 aromatic heterocycles. The molecule has 0 spiro atoms. The first-order valence-electron chi connectivity index (χ1n) is 9.01. The van der Waals surface area contributed by atoms with Crippen LogP contribution in [0.15, 0.2) is 27.3 Å². The van der Waals surface area contributed by atoms with Crippen molar-refractivity contribution < 1.29 is 18.5 Å². The van der Waals surface area contributed by atoms with Gasteiger partial charge in [0.2, 0.25) is 17.6 Å². The van der Waals surface area contributed by atoms with Crippen LogP contribution in [0.25, 0.3) is 11.6 Å². The normalized spacial score (nSPS) is 28.8. The number of likely N-dealkylation sites (tertiary alicyclic amines) is 1. The number of hydrogen-bond acceptors (Lipinski definition) is 7. The average Bonchev–Trinajstić information content (AvgIpc) is 3.33. The molecule has 1 aliphatic carbocycles. The van der Waals surface area contributed by atoms with Crippen molar-refractivity contribution in [1.82, 2.24) is 20.4 Å². The highest BCUT2D eigenvalue weighted by Crippen LogP contribution is 2.38. The molecule has 2 aromatic rings. The molecule has 0 aromatic carbocycles. The van der Waals surface area contributed by atoms with Crippen LogP contribution in [0.3, 0.4) is 0 Å². The van der Waals surface area contributed by atoms with E-state index in [2.05, 4.69) is 20.4 Å². The van der Waals surface area contributed by atoms with Crippen molar-refractivity contribution in [3.63, 3.8) is 0 Å². The number of nitrogens with one attached hydrogen (secondary N) is 1. The van der Waals surface area contributed by atoms with E-state index in [1.807, 2.05) is 6.07 Å². The lowest BCUT2D eigenvalue weighted by Crippen LogP contribution is -2.49. The molecule has 1 saturated carbocycles. The Labute approximate surface area is 151 Å². The first-order chi connectivity index (χ1) is 12.6. The fourth-order valence-corrected chi connectivity index (χ4v) is 4.33. The zero-order chi connectivity index (χ0) is 18.1. The molecule has 140 valence electrons. The number of nitrogens with zero attached hydrogens (tertiary/aromatic N) is 3. The Morgan fingerprint density at radius 3 is 2.88 bits per heavy atom. The Bertz CT molecular complexity index is 744. The van der Waals surface area contributed by atoms with Crippen LogP contribution in [-0.4, -0.2) is 53.3 Å². The van der Waals surface area contributed by atoms with Crippen LogP contribution in [0.1, 0.15) is 25.7 Å². The molecule has 8 nitrogen and oxygen atoms in total. The standard InChI is InChI=1S/C18H24N4O4/c1-11(23)19-14-6-12-8-22(9-13(12)7-16(14)24-2)10-17-20-18(21-26-17)15-4-3-5-25-15/h3-5,12-14,16H,6-10H2,1-2H3,(H,19,23)/t12-,13+,14-,16-/m1/s1. The summed E-state index contributed by atoms with van der Waals surface area (Å²) in [5.41, 5.74) is 0. The second-order valence-corrected chi connectivity index (χ2v) is 7.26. The third kappa shape index (κ3) is 3.52. The van der Waals surface area contributed by atoms with Crippen molar-refractivity contribution in [3.8, 4) is 11.6 Å². The Balaban J connectivity index is 1.38. The fourth-order valence-electron chi connectivity index (χ4n) is 4.33. The van der Waals surface area contributed by atoms with Gasteiger partial charge in [-0.05, 0) is 36.8 Å². The summed E-state index contributed by atoms with van der Waals surface area (Å²) in [6.45, 7) is 4.14. The summed E-state index contributed by atoms with van der Waals surface area (Å²) in [6, 6.07) is 3.70. The monoisotopic (exact) mass is 360 g/mol. The van der Waals surface area contributed by atoms with Crippen LogP contribution in [0.4, 0.5) is 0 Å². The Morgan fingerprint density at radius 2 is 2.19 bits per heavy atom. The SMILES string of the molecule is CO[C@@H]1C[C@H]2CN(Cc3nc(-c4ccco4)no3)C[C@H]2C[C@H]1NC(C)=O. The molecule has 4 rings (SSSR count). The summed E-state index contributed by atoms with van der Waals surface area (Å²) in [7, 11) is 1.72. The molecular formula is C18H24N4O4. The van der Waals surface area contributed by atoms with Crippen molar-refractivity contribution in [2.45, 2.75) is 38.5 Å². The predicted octanol–water partition coefficient (Wildman–Crippen LogP) is 1.69. The van der Waals surface area contributed by atoms with Crippen LogP contribution >= 0.6 is 0 Å². The largest absolute Gasteiger partial charge is 0.461 e. The maximum Gasteiger partial charge on any atom is 0.241 e. The third-order valence-electron chi connectivity index (χ3n) is 5.45. The van der Waals surface area contributed by atoms with Crippen LogP contribution in [-0.2, 0) is 16.1 Å². The number of carbonyl (C=O) groups is 1. The van der Waals surface area contributed by atoms with Gasteiger partial charge in [-0.15, -0.1) is 0 Å². The molecule has 0 radical (unpaired) electrons. The van der Waals surface area contributed by atoms with Crippen molar-refractivity contribution >= 4 is 5.91 Å². The number of methoxy groups -OCH3 is 1. The highest BCUT2D eigenvalue weighted by molar-refractivity contribution is 5.73. The van der Waals surface area contributed by atoms with Gasteiger partial charge in [0.1, 0.15) is 0 Å². The molecule has 26 heavy (non-hydrogen) atoms. The lowest BCUT2D eigenvalue weighted by molar-refractivity contribution is -0.121. The van der Waals surface area contributed by atoms with Crippen LogP contribution in [0.2, 0.25) is 0 Å². The molecule has 1 aliphatic heterocycles. The van der Waals surface area contributed by atoms with Gasteiger partial charge < -0.3 is 19.0 Å². The third-order valence-corrected chi connectivity index (χ3v) is 5.45. The maximum absolute atomic E-state index is 11.5. The van der Waals surface area contributed by atoms with Gasteiger partial charge in [0.15, 0.2) is 5.76 Å². The van der Waals surface area contributed by atoms with E-state index in [1.54, 1.807) is 26.4 Å². The van der Waals surface area contributed by atoms with E-state index in [-0.39, 0.29) is 18.1 Å². The predicted molar refractivity (Wildman–Crippen MR) is 91.9 cm³/mol. The number of fused-ring (bicyclic) bond motifs is 1. The number of furan rings is 1. The minimum Gasteiger partial charge on any atom is -0.461 e. The molecule has 1 amide bonds. The number of ether oxygens (including phenoxy) is 1. The second kappa shape index (κ2) is 7.20. The van der Waals surface area contributed by atoms with Gasteiger partial charge in [0.05, 0.1) is 25.0 Å². The summed E-state index contributed by atoms with van der Waals surface area (Å²) in [5.74, 6) is 2.80. The van der Waals surface area contributed by atoms with E-state index in [0.717, 1.165) is 25.9 Å². The molecule has 1 N–H and O–H groups in total.